The highest BCUT2D eigenvalue weighted by Crippen LogP contribution is 2.36. The zero-order valence-corrected chi connectivity index (χ0v) is 17.6. The van der Waals surface area contributed by atoms with Gasteiger partial charge in [0.05, 0.1) is 24.5 Å². The van der Waals surface area contributed by atoms with Crippen LogP contribution in [0.15, 0.2) is 35.1 Å². The van der Waals surface area contributed by atoms with Crippen LogP contribution in [-0.4, -0.2) is 57.0 Å². The summed E-state index contributed by atoms with van der Waals surface area (Å²) in [5, 5.41) is 6.66. The van der Waals surface area contributed by atoms with Crippen molar-refractivity contribution < 1.29 is 18.0 Å². The Morgan fingerprint density at radius 3 is 2.62 bits per heavy atom. The quantitative estimate of drug-likeness (QED) is 0.621. The SMILES string of the molecule is Cc1ncc(-c2cnc3cnc(NC(=O)N4[C@@H]5CC[C@H]4C[C@H](NCC(F)F)C5)cc3c2)o1. The topological polar surface area (TPSA) is 96.2 Å². The molecule has 0 spiro atoms. The van der Waals surface area contributed by atoms with Gasteiger partial charge in [0.25, 0.3) is 6.43 Å². The average molecular weight is 442 g/mol. The molecule has 32 heavy (non-hydrogen) atoms. The van der Waals surface area contributed by atoms with Crippen molar-refractivity contribution in [1.82, 2.24) is 25.2 Å². The molecule has 168 valence electrons. The number of pyridine rings is 2. The molecule has 0 saturated carbocycles. The van der Waals surface area contributed by atoms with E-state index in [2.05, 4.69) is 25.6 Å². The Hall–Kier alpha value is -3.14. The Morgan fingerprint density at radius 2 is 1.94 bits per heavy atom. The Labute approximate surface area is 183 Å². The molecule has 0 radical (unpaired) electrons. The van der Waals surface area contributed by atoms with Crippen molar-refractivity contribution in [3.8, 4) is 11.3 Å². The lowest BCUT2D eigenvalue weighted by Crippen LogP contribution is -2.53. The highest BCUT2D eigenvalue weighted by molar-refractivity contribution is 5.92. The maximum absolute atomic E-state index is 13.0. The number of hydrogen-bond donors (Lipinski definition) is 2. The summed E-state index contributed by atoms with van der Waals surface area (Å²) in [4.78, 5) is 27.7. The van der Waals surface area contributed by atoms with E-state index < -0.39 is 6.43 Å². The number of carbonyl (C=O) groups excluding carboxylic acids is 1. The predicted octanol–water partition coefficient (Wildman–Crippen LogP) is 3.98. The summed E-state index contributed by atoms with van der Waals surface area (Å²) in [5.41, 5.74) is 1.49. The van der Waals surface area contributed by atoms with E-state index in [0.717, 1.165) is 23.8 Å². The van der Waals surface area contributed by atoms with Gasteiger partial charge in [-0.05, 0) is 37.8 Å². The number of carbonyl (C=O) groups is 1. The summed E-state index contributed by atoms with van der Waals surface area (Å²) in [5.74, 6) is 1.64. The van der Waals surface area contributed by atoms with E-state index in [9.17, 15) is 13.6 Å². The zero-order chi connectivity index (χ0) is 22.2. The minimum atomic E-state index is -2.36. The number of piperidine rings is 1. The van der Waals surface area contributed by atoms with E-state index in [1.165, 1.54) is 0 Å². The van der Waals surface area contributed by atoms with Crippen molar-refractivity contribution in [2.24, 2.45) is 0 Å². The Balaban J connectivity index is 1.29. The van der Waals surface area contributed by atoms with Gasteiger partial charge in [0.15, 0.2) is 11.7 Å². The van der Waals surface area contributed by atoms with Crippen LogP contribution in [0.1, 0.15) is 31.6 Å². The number of anilines is 1. The molecule has 2 amide bonds. The van der Waals surface area contributed by atoms with Gasteiger partial charge >= 0.3 is 6.03 Å². The lowest BCUT2D eigenvalue weighted by Gasteiger charge is -2.39. The first kappa shape index (κ1) is 20.7. The molecule has 2 fully saturated rings. The summed E-state index contributed by atoms with van der Waals surface area (Å²) < 4.78 is 30.6. The van der Waals surface area contributed by atoms with Crippen LogP contribution in [0.3, 0.4) is 0 Å². The summed E-state index contributed by atoms with van der Waals surface area (Å²) in [7, 11) is 0. The third-order valence-electron chi connectivity index (χ3n) is 6.24. The average Bonchev–Trinajstić information content (AvgIpc) is 3.32. The minimum Gasteiger partial charge on any atom is -0.441 e. The van der Waals surface area contributed by atoms with Gasteiger partial charge in [-0.1, -0.05) is 0 Å². The summed E-state index contributed by atoms with van der Waals surface area (Å²) in [6, 6.07) is 3.62. The van der Waals surface area contributed by atoms with Gasteiger partial charge in [-0.15, -0.1) is 0 Å². The molecule has 8 nitrogen and oxygen atoms in total. The molecule has 3 atom stereocenters. The molecule has 3 aromatic heterocycles. The monoisotopic (exact) mass is 442 g/mol. The molecule has 5 heterocycles. The van der Waals surface area contributed by atoms with Crippen LogP contribution in [0.2, 0.25) is 0 Å². The maximum atomic E-state index is 13.0. The van der Waals surface area contributed by atoms with Gasteiger partial charge < -0.3 is 14.6 Å². The molecular weight excluding hydrogens is 418 g/mol. The van der Waals surface area contributed by atoms with Gasteiger partial charge in [-0.25, -0.2) is 23.5 Å². The molecule has 2 bridgehead atoms. The molecule has 0 unspecified atom stereocenters. The van der Waals surface area contributed by atoms with E-state index in [1.807, 2.05) is 11.0 Å². The highest BCUT2D eigenvalue weighted by atomic mass is 19.3. The number of amides is 2. The second kappa shape index (κ2) is 8.42. The molecule has 2 N–H and O–H groups in total. The van der Waals surface area contributed by atoms with Crippen molar-refractivity contribution in [1.29, 1.82) is 0 Å². The lowest BCUT2D eigenvalue weighted by atomic mass is 9.97. The molecule has 10 heteroatoms. The maximum Gasteiger partial charge on any atom is 0.323 e. The van der Waals surface area contributed by atoms with Gasteiger partial charge in [-0.3, -0.25) is 10.3 Å². The standard InChI is InChI=1S/C22H24F2N6O2/c1-12-25-10-19(32-12)14-4-13-5-21(28-9-18(13)27-8-14)29-22(31)30-16-2-3-17(30)7-15(6-16)26-11-20(23)24/h4-5,8-10,15-17,20,26H,2-3,6-7,11H2,1H3,(H,28,29,31)/t15-,16-,17+. The molecule has 2 aliphatic heterocycles. The van der Waals surface area contributed by atoms with Crippen molar-refractivity contribution in [3.05, 3.63) is 36.6 Å². The highest BCUT2D eigenvalue weighted by Gasteiger charge is 2.43. The molecule has 0 aromatic carbocycles. The number of hydrogen-bond acceptors (Lipinski definition) is 6. The van der Waals surface area contributed by atoms with Crippen LogP contribution in [0.25, 0.3) is 22.2 Å². The lowest BCUT2D eigenvalue weighted by molar-refractivity contribution is 0.115. The zero-order valence-electron chi connectivity index (χ0n) is 17.6. The number of rotatable bonds is 5. The van der Waals surface area contributed by atoms with Crippen molar-refractivity contribution in [2.45, 2.75) is 57.2 Å². The van der Waals surface area contributed by atoms with Gasteiger partial charge in [0, 0.05) is 42.2 Å². The Bertz CT molecular complexity index is 1120. The smallest absolute Gasteiger partial charge is 0.323 e. The number of fused-ring (bicyclic) bond motifs is 3. The fraction of sp³-hybridized carbons (Fsp3) is 0.455. The largest absolute Gasteiger partial charge is 0.441 e. The Morgan fingerprint density at radius 1 is 1.16 bits per heavy atom. The summed E-state index contributed by atoms with van der Waals surface area (Å²) >= 11 is 0. The number of aromatic nitrogens is 3. The molecule has 3 aromatic rings. The number of aryl methyl sites for hydroxylation is 1. The number of urea groups is 1. The number of halogens is 2. The minimum absolute atomic E-state index is 0.0218. The number of oxazole rings is 1. The molecule has 2 saturated heterocycles. The number of alkyl halides is 2. The van der Waals surface area contributed by atoms with Crippen LogP contribution in [-0.2, 0) is 0 Å². The summed E-state index contributed by atoms with van der Waals surface area (Å²) in [6.07, 6.45) is 5.76. The van der Waals surface area contributed by atoms with Crippen molar-refractivity contribution in [3.63, 3.8) is 0 Å². The Kier molecular flexibility index (Phi) is 5.46. The van der Waals surface area contributed by atoms with Crippen LogP contribution in [0, 0.1) is 6.92 Å². The first-order valence-corrected chi connectivity index (χ1v) is 10.8. The molecule has 2 aliphatic rings. The van der Waals surface area contributed by atoms with Crippen LogP contribution in [0.4, 0.5) is 19.4 Å². The first-order chi connectivity index (χ1) is 15.5. The summed E-state index contributed by atoms with van der Waals surface area (Å²) in [6.45, 7) is 1.47. The first-order valence-electron chi connectivity index (χ1n) is 10.8. The van der Waals surface area contributed by atoms with Gasteiger partial charge in [0.2, 0.25) is 0 Å². The molecular formula is C22H24F2N6O2. The number of nitrogens with one attached hydrogen (secondary N) is 2. The van der Waals surface area contributed by atoms with Crippen LogP contribution < -0.4 is 10.6 Å². The van der Waals surface area contributed by atoms with E-state index in [-0.39, 0.29) is 30.7 Å². The third kappa shape index (κ3) is 4.14. The van der Waals surface area contributed by atoms with Crippen molar-refractivity contribution in [2.75, 3.05) is 11.9 Å². The van der Waals surface area contributed by atoms with Crippen molar-refractivity contribution >= 4 is 22.8 Å². The van der Waals surface area contributed by atoms with Crippen LogP contribution in [0.5, 0.6) is 0 Å². The van der Waals surface area contributed by atoms with Crippen LogP contribution >= 0.6 is 0 Å². The van der Waals surface area contributed by atoms with E-state index in [4.69, 9.17) is 4.42 Å². The van der Waals surface area contributed by atoms with E-state index >= 15 is 0 Å². The normalized spacial score (nSPS) is 22.6. The third-order valence-corrected chi connectivity index (χ3v) is 6.24. The fourth-order valence-electron chi connectivity index (χ4n) is 4.83. The number of nitrogens with zero attached hydrogens (tertiary/aromatic N) is 4. The molecule has 0 aliphatic carbocycles. The van der Waals surface area contributed by atoms with Gasteiger partial charge in [-0.2, -0.15) is 0 Å². The van der Waals surface area contributed by atoms with E-state index in [0.29, 0.717) is 35.8 Å². The fourth-order valence-corrected chi connectivity index (χ4v) is 4.83. The second-order valence-electron chi connectivity index (χ2n) is 8.42. The predicted molar refractivity (Wildman–Crippen MR) is 114 cm³/mol. The second-order valence-corrected chi connectivity index (χ2v) is 8.42. The van der Waals surface area contributed by atoms with Gasteiger partial charge in [0.1, 0.15) is 5.82 Å². The van der Waals surface area contributed by atoms with E-state index in [1.54, 1.807) is 31.6 Å². The molecule has 5 rings (SSSR count).